The summed E-state index contributed by atoms with van der Waals surface area (Å²) >= 11 is 7.88. The van der Waals surface area contributed by atoms with Gasteiger partial charge in [-0.2, -0.15) is 0 Å². The highest BCUT2D eigenvalue weighted by Gasteiger charge is 2.19. The van der Waals surface area contributed by atoms with Crippen LogP contribution in [0.25, 0.3) is 0 Å². The molecule has 1 fully saturated rings. The van der Waals surface area contributed by atoms with Crippen molar-refractivity contribution in [2.24, 2.45) is 0 Å². The van der Waals surface area contributed by atoms with Crippen LogP contribution in [-0.2, 0) is 17.0 Å². The number of carbonyl (C=O) groups is 1. The molecule has 1 saturated heterocycles. The average Bonchev–Trinajstić information content (AvgIpc) is 2.88. The summed E-state index contributed by atoms with van der Waals surface area (Å²) in [6, 6.07) is 20.0. The second-order valence-corrected chi connectivity index (χ2v) is 9.64. The van der Waals surface area contributed by atoms with Crippen molar-refractivity contribution in [2.45, 2.75) is 17.5 Å². The molecular weight excluding hydrogens is 482 g/mol. The summed E-state index contributed by atoms with van der Waals surface area (Å²) in [7, 11) is 1.61. The monoisotopic (exact) mass is 511 g/mol. The Labute approximate surface area is 215 Å². The number of halogens is 1. The smallest absolute Gasteiger partial charge is 0.251 e. The number of hydrogen-bond acceptors (Lipinski definition) is 7. The molecule has 0 radical (unpaired) electrons. The predicted octanol–water partition coefficient (Wildman–Crippen LogP) is 4.12. The Bertz CT molecular complexity index is 1090. The van der Waals surface area contributed by atoms with Crippen LogP contribution in [0.2, 0.25) is 5.15 Å². The molecule has 0 unspecified atom stereocenters. The first-order valence-electron chi connectivity index (χ1n) is 11.7. The van der Waals surface area contributed by atoms with Crippen LogP contribution in [0.3, 0.4) is 0 Å². The maximum atomic E-state index is 12.1. The highest BCUT2D eigenvalue weighted by Crippen LogP contribution is 2.25. The summed E-state index contributed by atoms with van der Waals surface area (Å²) in [5.74, 6) is 1.46. The molecule has 1 amide bonds. The third-order valence-corrected chi connectivity index (χ3v) is 6.89. The van der Waals surface area contributed by atoms with Crippen molar-refractivity contribution in [1.82, 2.24) is 20.2 Å². The fourth-order valence-corrected chi connectivity index (χ4v) is 4.89. The Kier molecular flexibility index (Phi) is 9.36. The zero-order valence-electron chi connectivity index (χ0n) is 19.8. The molecule has 1 aromatic heterocycles. The number of thioether (sulfide) groups is 1. The van der Waals surface area contributed by atoms with E-state index in [4.69, 9.17) is 21.3 Å². The predicted molar refractivity (Wildman–Crippen MR) is 141 cm³/mol. The fraction of sp³-hybridized carbons (Fsp3) is 0.346. The lowest BCUT2D eigenvalue weighted by molar-refractivity contribution is 0.0937. The molecule has 4 rings (SSSR count). The fourth-order valence-electron chi connectivity index (χ4n) is 3.86. The number of aromatic nitrogens is 2. The van der Waals surface area contributed by atoms with Crippen molar-refractivity contribution in [1.29, 1.82) is 0 Å². The molecule has 0 atom stereocenters. The van der Waals surface area contributed by atoms with Gasteiger partial charge < -0.3 is 15.0 Å². The lowest BCUT2D eigenvalue weighted by atomic mass is 10.1. The Balaban J connectivity index is 1.30. The Morgan fingerprint density at radius 2 is 1.77 bits per heavy atom. The number of nitrogens with one attached hydrogen (secondary N) is 1. The molecule has 0 bridgehead atoms. The third-order valence-electron chi connectivity index (χ3n) is 5.78. The van der Waals surface area contributed by atoms with Crippen molar-refractivity contribution in [3.05, 3.63) is 82.5 Å². The van der Waals surface area contributed by atoms with Crippen LogP contribution >= 0.6 is 23.4 Å². The minimum Gasteiger partial charge on any atom is -0.383 e. The standard InChI is InChI=1S/C26H30ClN5O2S/c1-34-16-11-28-25(33)22-9-7-21(8-10-22)19-35-26-29-23(27)17-24(30-26)32-14-12-31(13-15-32)18-20-5-3-2-4-6-20/h2-10,17H,11-16,18-19H2,1H3,(H,28,33). The van der Waals surface area contributed by atoms with Gasteiger partial charge in [-0.1, -0.05) is 65.8 Å². The number of piperazine rings is 1. The molecule has 0 aliphatic carbocycles. The van der Waals surface area contributed by atoms with E-state index in [0.717, 1.165) is 44.1 Å². The summed E-state index contributed by atoms with van der Waals surface area (Å²) in [4.78, 5) is 26.0. The molecule has 0 saturated carbocycles. The average molecular weight is 512 g/mol. The van der Waals surface area contributed by atoms with E-state index < -0.39 is 0 Å². The molecule has 2 aromatic carbocycles. The number of ether oxygens (including phenoxy) is 1. The molecule has 1 aliphatic rings. The van der Waals surface area contributed by atoms with E-state index >= 15 is 0 Å². The molecule has 1 N–H and O–H groups in total. The van der Waals surface area contributed by atoms with Crippen molar-refractivity contribution in [3.63, 3.8) is 0 Å². The van der Waals surface area contributed by atoms with Crippen LogP contribution in [0.1, 0.15) is 21.5 Å². The summed E-state index contributed by atoms with van der Waals surface area (Å²) < 4.78 is 4.96. The zero-order chi connectivity index (χ0) is 24.5. The second kappa shape index (κ2) is 12.9. The van der Waals surface area contributed by atoms with E-state index in [0.29, 0.717) is 34.8 Å². The lowest BCUT2D eigenvalue weighted by Crippen LogP contribution is -2.46. The van der Waals surface area contributed by atoms with Crippen LogP contribution < -0.4 is 10.2 Å². The summed E-state index contributed by atoms with van der Waals surface area (Å²) in [6.07, 6.45) is 0. The summed E-state index contributed by atoms with van der Waals surface area (Å²) in [5, 5.41) is 3.93. The van der Waals surface area contributed by atoms with Crippen LogP contribution in [0.4, 0.5) is 5.82 Å². The van der Waals surface area contributed by atoms with Gasteiger partial charge in [-0.3, -0.25) is 9.69 Å². The summed E-state index contributed by atoms with van der Waals surface area (Å²) in [6.45, 7) is 5.70. The Morgan fingerprint density at radius 3 is 2.49 bits per heavy atom. The number of rotatable bonds is 10. The number of amides is 1. The first-order chi connectivity index (χ1) is 17.1. The molecule has 1 aliphatic heterocycles. The molecule has 2 heterocycles. The number of carbonyl (C=O) groups excluding carboxylic acids is 1. The minimum atomic E-state index is -0.104. The zero-order valence-corrected chi connectivity index (χ0v) is 21.4. The number of anilines is 1. The van der Waals surface area contributed by atoms with Gasteiger partial charge in [-0.05, 0) is 23.3 Å². The van der Waals surface area contributed by atoms with Gasteiger partial charge in [0, 0.05) is 63.8 Å². The Hall–Kier alpha value is -2.65. The van der Waals surface area contributed by atoms with Gasteiger partial charge in [0.25, 0.3) is 5.91 Å². The van der Waals surface area contributed by atoms with Crippen LogP contribution in [0, 0.1) is 0 Å². The highest BCUT2D eigenvalue weighted by molar-refractivity contribution is 7.98. The second-order valence-electron chi connectivity index (χ2n) is 8.31. The van der Waals surface area contributed by atoms with Crippen molar-refractivity contribution >= 4 is 35.1 Å². The molecular formula is C26H30ClN5O2S. The topological polar surface area (TPSA) is 70.6 Å². The molecule has 9 heteroatoms. The van der Waals surface area contributed by atoms with Crippen LogP contribution in [0.5, 0.6) is 0 Å². The number of nitrogens with zero attached hydrogens (tertiary/aromatic N) is 4. The van der Waals surface area contributed by atoms with Crippen LogP contribution in [0.15, 0.2) is 65.8 Å². The largest absolute Gasteiger partial charge is 0.383 e. The minimum absolute atomic E-state index is 0.104. The SMILES string of the molecule is COCCNC(=O)c1ccc(CSc2nc(Cl)cc(N3CCN(Cc4ccccc4)CC3)n2)cc1. The van der Waals surface area contributed by atoms with Crippen LogP contribution in [-0.4, -0.2) is 67.2 Å². The summed E-state index contributed by atoms with van der Waals surface area (Å²) in [5.41, 5.74) is 3.05. The molecule has 0 spiro atoms. The number of benzene rings is 2. The van der Waals surface area contributed by atoms with E-state index in [-0.39, 0.29) is 5.91 Å². The maximum absolute atomic E-state index is 12.1. The first-order valence-corrected chi connectivity index (χ1v) is 13.0. The Morgan fingerprint density at radius 1 is 1.03 bits per heavy atom. The van der Waals surface area contributed by atoms with E-state index in [1.54, 1.807) is 7.11 Å². The van der Waals surface area contributed by atoms with E-state index in [1.807, 2.05) is 30.3 Å². The van der Waals surface area contributed by atoms with Crippen molar-refractivity contribution in [2.75, 3.05) is 51.3 Å². The lowest BCUT2D eigenvalue weighted by Gasteiger charge is -2.35. The molecule has 3 aromatic rings. The van der Waals surface area contributed by atoms with Gasteiger partial charge in [-0.25, -0.2) is 9.97 Å². The van der Waals surface area contributed by atoms with Gasteiger partial charge in [0.2, 0.25) is 0 Å². The van der Waals surface area contributed by atoms with Gasteiger partial charge in [0.1, 0.15) is 11.0 Å². The van der Waals surface area contributed by atoms with E-state index in [1.165, 1.54) is 17.3 Å². The first kappa shape index (κ1) is 25.4. The maximum Gasteiger partial charge on any atom is 0.251 e. The van der Waals surface area contributed by atoms with Gasteiger partial charge in [0.05, 0.1) is 6.61 Å². The number of methoxy groups -OCH3 is 1. The molecule has 184 valence electrons. The third kappa shape index (κ3) is 7.67. The van der Waals surface area contributed by atoms with E-state index in [9.17, 15) is 4.79 Å². The number of hydrogen-bond donors (Lipinski definition) is 1. The highest BCUT2D eigenvalue weighted by atomic mass is 35.5. The van der Waals surface area contributed by atoms with Gasteiger partial charge >= 0.3 is 0 Å². The van der Waals surface area contributed by atoms with Gasteiger partial charge in [0.15, 0.2) is 5.16 Å². The van der Waals surface area contributed by atoms with Gasteiger partial charge in [-0.15, -0.1) is 0 Å². The van der Waals surface area contributed by atoms with Crippen molar-refractivity contribution in [3.8, 4) is 0 Å². The van der Waals surface area contributed by atoms with Crippen molar-refractivity contribution < 1.29 is 9.53 Å². The quantitative estimate of drug-likeness (QED) is 0.190. The molecule has 7 nitrogen and oxygen atoms in total. The molecule has 35 heavy (non-hydrogen) atoms. The normalized spacial score (nSPS) is 14.2. The van der Waals surface area contributed by atoms with E-state index in [2.05, 4.69) is 50.4 Å².